The molecule has 0 aliphatic carbocycles. The SMILES string of the molecule is COCC(C)CC(=O)Nc1cccc(C(C)N)c1. The molecule has 0 aliphatic heterocycles. The summed E-state index contributed by atoms with van der Waals surface area (Å²) in [7, 11) is 1.64. The van der Waals surface area contributed by atoms with Gasteiger partial charge in [0.05, 0.1) is 0 Å². The zero-order valence-electron chi connectivity index (χ0n) is 11.3. The maximum Gasteiger partial charge on any atom is 0.224 e. The number of ether oxygens (including phenoxy) is 1. The average Bonchev–Trinajstić information content (AvgIpc) is 2.29. The van der Waals surface area contributed by atoms with Crippen LogP contribution in [0.1, 0.15) is 31.9 Å². The van der Waals surface area contributed by atoms with Gasteiger partial charge < -0.3 is 15.8 Å². The Labute approximate surface area is 109 Å². The first kappa shape index (κ1) is 14.7. The molecule has 18 heavy (non-hydrogen) atoms. The van der Waals surface area contributed by atoms with Gasteiger partial charge in [0.2, 0.25) is 5.91 Å². The summed E-state index contributed by atoms with van der Waals surface area (Å²) in [5.74, 6) is 0.216. The number of hydrogen-bond donors (Lipinski definition) is 2. The fourth-order valence-corrected chi connectivity index (χ4v) is 1.77. The summed E-state index contributed by atoms with van der Waals surface area (Å²) in [6.45, 7) is 4.50. The van der Waals surface area contributed by atoms with E-state index in [4.69, 9.17) is 10.5 Å². The maximum absolute atomic E-state index is 11.8. The van der Waals surface area contributed by atoms with Crippen molar-refractivity contribution in [2.75, 3.05) is 19.0 Å². The number of nitrogens with two attached hydrogens (primary N) is 1. The van der Waals surface area contributed by atoms with Gasteiger partial charge in [0.25, 0.3) is 0 Å². The molecule has 4 nitrogen and oxygen atoms in total. The van der Waals surface area contributed by atoms with E-state index < -0.39 is 0 Å². The normalized spacial score (nSPS) is 14.0. The minimum atomic E-state index is -0.0331. The Balaban J connectivity index is 2.56. The molecule has 0 saturated carbocycles. The highest BCUT2D eigenvalue weighted by atomic mass is 16.5. The second kappa shape index (κ2) is 7.13. The summed E-state index contributed by atoms with van der Waals surface area (Å²) < 4.78 is 5.01. The number of anilines is 1. The van der Waals surface area contributed by atoms with Crippen LogP contribution in [0.15, 0.2) is 24.3 Å². The van der Waals surface area contributed by atoms with Crippen LogP contribution in [0.4, 0.5) is 5.69 Å². The summed E-state index contributed by atoms with van der Waals surface area (Å²) in [5, 5.41) is 2.88. The lowest BCUT2D eigenvalue weighted by molar-refractivity contribution is -0.117. The number of amides is 1. The molecule has 0 radical (unpaired) electrons. The van der Waals surface area contributed by atoms with Crippen molar-refractivity contribution < 1.29 is 9.53 Å². The van der Waals surface area contributed by atoms with Crippen molar-refractivity contribution in [3.63, 3.8) is 0 Å². The Morgan fingerprint density at radius 1 is 1.44 bits per heavy atom. The Morgan fingerprint density at radius 3 is 2.78 bits per heavy atom. The second-order valence-corrected chi connectivity index (χ2v) is 4.73. The van der Waals surface area contributed by atoms with Crippen molar-refractivity contribution in [1.29, 1.82) is 0 Å². The average molecular weight is 250 g/mol. The van der Waals surface area contributed by atoms with Gasteiger partial charge >= 0.3 is 0 Å². The molecule has 1 aromatic carbocycles. The van der Waals surface area contributed by atoms with Gasteiger partial charge in [-0.05, 0) is 30.5 Å². The molecule has 1 rings (SSSR count). The standard InChI is InChI=1S/C14H22N2O2/c1-10(9-18-3)7-14(17)16-13-6-4-5-12(8-13)11(2)15/h4-6,8,10-11H,7,9,15H2,1-3H3,(H,16,17). The van der Waals surface area contributed by atoms with E-state index in [9.17, 15) is 4.79 Å². The Morgan fingerprint density at radius 2 is 2.17 bits per heavy atom. The Hall–Kier alpha value is -1.39. The van der Waals surface area contributed by atoms with E-state index in [0.29, 0.717) is 13.0 Å². The predicted molar refractivity (Wildman–Crippen MR) is 73.3 cm³/mol. The first-order chi connectivity index (χ1) is 8.52. The molecule has 0 aliphatic rings. The summed E-state index contributed by atoms with van der Waals surface area (Å²) >= 11 is 0. The van der Waals surface area contributed by atoms with Crippen LogP contribution in [0, 0.1) is 5.92 Å². The fraction of sp³-hybridized carbons (Fsp3) is 0.500. The maximum atomic E-state index is 11.8. The molecule has 2 unspecified atom stereocenters. The van der Waals surface area contributed by atoms with Gasteiger partial charge in [-0.1, -0.05) is 19.1 Å². The van der Waals surface area contributed by atoms with Gasteiger partial charge in [-0.3, -0.25) is 4.79 Å². The molecule has 2 atom stereocenters. The highest BCUT2D eigenvalue weighted by molar-refractivity contribution is 5.90. The van der Waals surface area contributed by atoms with Crippen LogP contribution in [0.3, 0.4) is 0 Å². The van der Waals surface area contributed by atoms with Crippen LogP contribution < -0.4 is 11.1 Å². The molecular weight excluding hydrogens is 228 g/mol. The van der Waals surface area contributed by atoms with Gasteiger partial charge in [-0.15, -0.1) is 0 Å². The molecule has 1 amide bonds. The minimum Gasteiger partial charge on any atom is -0.384 e. The first-order valence-electron chi connectivity index (χ1n) is 6.17. The van der Waals surface area contributed by atoms with Gasteiger partial charge in [0.1, 0.15) is 0 Å². The summed E-state index contributed by atoms with van der Waals surface area (Å²) in [4.78, 5) is 11.8. The van der Waals surface area contributed by atoms with E-state index in [0.717, 1.165) is 11.3 Å². The molecule has 4 heteroatoms. The molecule has 0 bridgehead atoms. The quantitative estimate of drug-likeness (QED) is 0.814. The van der Waals surface area contributed by atoms with Crippen molar-refractivity contribution in [3.8, 4) is 0 Å². The van der Waals surface area contributed by atoms with Crippen LogP contribution in [-0.4, -0.2) is 19.6 Å². The molecule has 0 spiro atoms. The summed E-state index contributed by atoms with van der Waals surface area (Å²) in [5.41, 5.74) is 7.61. The van der Waals surface area contributed by atoms with Gasteiger partial charge in [-0.25, -0.2) is 0 Å². The Bertz CT molecular complexity index is 391. The third kappa shape index (κ3) is 4.85. The van der Waals surface area contributed by atoms with Gasteiger partial charge in [-0.2, -0.15) is 0 Å². The largest absolute Gasteiger partial charge is 0.384 e. The lowest BCUT2D eigenvalue weighted by Gasteiger charge is -2.12. The van der Waals surface area contributed by atoms with E-state index in [-0.39, 0.29) is 17.9 Å². The minimum absolute atomic E-state index is 0.00127. The number of hydrogen-bond acceptors (Lipinski definition) is 3. The molecule has 0 heterocycles. The van der Waals surface area contributed by atoms with Crippen LogP contribution in [0.25, 0.3) is 0 Å². The Kier molecular flexibility index (Phi) is 5.82. The second-order valence-electron chi connectivity index (χ2n) is 4.73. The van der Waals surface area contributed by atoms with Crippen LogP contribution >= 0.6 is 0 Å². The van der Waals surface area contributed by atoms with E-state index in [2.05, 4.69) is 5.32 Å². The number of nitrogens with one attached hydrogen (secondary N) is 1. The van der Waals surface area contributed by atoms with Crippen LogP contribution in [0.5, 0.6) is 0 Å². The molecule has 0 aromatic heterocycles. The number of carbonyl (C=O) groups excluding carboxylic acids is 1. The lowest BCUT2D eigenvalue weighted by atomic mass is 10.1. The van der Waals surface area contributed by atoms with E-state index in [1.165, 1.54) is 0 Å². The van der Waals surface area contributed by atoms with Crippen molar-refractivity contribution in [2.24, 2.45) is 11.7 Å². The monoisotopic (exact) mass is 250 g/mol. The number of benzene rings is 1. The van der Waals surface area contributed by atoms with Crippen molar-refractivity contribution in [1.82, 2.24) is 0 Å². The van der Waals surface area contributed by atoms with Crippen LogP contribution in [-0.2, 0) is 9.53 Å². The van der Waals surface area contributed by atoms with Crippen molar-refractivity contribution in [2.45, 2.75) is 26.3 Å². The molecular formula is C14H22N2O2. The fourth-order valence-electron chi connectivity index (χ4n) is 1.77. The summed E-state index contributed by atoms with van der Waals surface area (Å²) in [6, 6.07) is 7.59. The third-order valence-corrected chi connectivity index (χ3v) is 2.68. The topological polar surface area (TPSA) is 64.3 Å². The van der Waals surface area contributed by atoms with E-state index >= 15 is 0 Å². The zero-order chi connectivity index (χ0) is 13.5. The first-order valence-corrected chi connectivity index (χ1v) is 6.17. The van der Waals surface area contributed by atoms with E-state index in [1.54, 1.807) is 7.11 Å². The highest BCUT2D eigenvalue weighted by Crippen LogP contribution is 2.16. The predicted octanol–water partition coefficient (Wildman–Crippen LogP) is 2.32. The smallest absolute Gasteiger partial charge is 0.224 e. The molecule has 100 valence electrons. The molecule has 0 fully saturated rings. The van der Waals surface area contributed by atoms with Crippen molar-refractivity contribution >= 4 is 11.6 Å². The molecule has 0 saturated heterocycles. The van der Waals surface area contributed by atoms with Crippen LogP contribution in [0.2, 0.25) is 0 Å². The zero-order valence-corrected chi connectivity index (χ0v) is 11.3. The van der Waals surface area contributed by atoms with Crippen molar-refractivity contribution in [3.05, 3.63) is 29.8 Å². The van der Waals surface area contributed by atoms with Gasteiger partial charge in [0, 0.05) is 31.9 Å². The number of carbonyl (C=O) groups is 1. The molecule has 3 N–H and O–H groups in total. The van der Waals surface area contributed by atoms with Gasteiger partial charge in [0.15, 0.2) is 0 Å². The molecule has 1 aromatic rings. The summed E-state index contributed by atoms with van der Waals surface area (Å²) in [6.07, 6.45) is 0.455. The van der Waals surface area contributed by atoms with E-state index in [1.807, 2.05) is 38.1 Å². The highest BCUT2D eigenvalue weighted by Gasteiger charge is 2.09. The lowest BCUT2D eigenvalue weighted by Crippen LogP contribution is -2.17. The third-order valence-electron chi connectivity index (χ3n) is 2.68. The number of methoxy groups -OCH3 is 1. The number of rotatable bonds is 6.